The largest absolute Gasteiger partial charge is 0.337 e. The third-order valence-electron chi connectivity index (χ3n) is 4.55. The van der Waals surface area contributed by atoms with E-state index in [-0.39, 0.29) is 23.2 Å². The molecule has 1 aliphatic heterocycles. The van der Waals surface area contributed by atoms with Crippen LogP contribution in [0.4, 0.5) is 27.5 Å². The zero-order valence-corrected chi connectivity index (χ0v) is 15.6. The molecule has 4 N–H and O–H groups in total. The third-order valence-corrected chi connectivity index (χ3v) is 6.03. The number of hydrogen-bond donors (Lipinski definition) is 4. The van der Waals surface area contributed by atoms with E-state index in [1.807, 2.05) is 6.07 Å². The highest BCUT2D eigenvalue weighted by molar-refractivity contribution is 7.89. The Morgan fingerprint density at radius 2 is 2.00 bits per heavy atom. The van der Waals surface area contributed by atoms with Gasteiger partial charge in [-0.25, -0.2) is 22.5 Å². The Morgan fingerprint density at radius 3 is 2.90 bits per heavy atom. The van der Waals surface area contributed by atoms with E-state index >= 15 is 0 Å². The second-order valence-corrected chi connectivity index (χ2v) is 8.16. The molecule has 146 valence electrons. The summed E-state index contributed by atoms with van der Waals surface area (Å²) in [5, 5.41) is 13.5. The van der Waals surface area contributed by atoms with Gasteiger partial charge in [0.1, 0.15) is 0 Å². The van der Waals surface area contributed by atoms with Gasteiger partial charge >= 0.3 is 0 Å². The summed E-state index contributed by atoms with van der Waals surface area (Å²) in [6, 6.07) is 10.4. The smallest absolute Gasteiger partial charge is 0.241 e. The highest BCUT2D eigenvalue weighted by Crippen LogP contribution is 2.28. The highest BCUT2D eigenvalue weighted by Gasteiger charge is 2.25. The Kier molecular flexibility index (Phi) is 3.93. The van der Waals surface area contributed by atoms with Crippen molar-refractivity contribution in [2.75, 3.05) is 10.6 Å². The van der Waals surface area contributed by atoms with Crippen molar-refractivity contribution in [2.45, 2.75) is 11.4 Å². The molecule has 0 spiro atoms. The number of benzene rings is 2. The summed E-state index contributed by atoms with van der Waals surface area (Å²) in [7, 11) is -3.50. The van der Waals surface area contributed by atoms with Crippen LogP contribution in [0, 0.1) is 5.82 Å². The predicted molar refractivity (Wildman–Crippen MR) is 105 cm³/mol. The number of nitrogens with one attached hydrogen (secondary N) is 4. The standard InChI is InChI=1S/C18H14FN7O2S/c19-13-9-20-18(23-11-5-4-10-7-22-29(27,28)16(10)6-11)25-17(13)24-14-2-1-3-15-12(14)8-21-26-15/h1-6,8-9,22H,7H2,(H,21,26)(H2,20,23,24,25). The molecular weight excluding hydrogens is 397 g/mol. The van der Waals surface area contributed by atoms with Gasteiger partial charge in [-0.2, -0.15) is 10.1 Å². The zero-order valence-electron chi connectivity index (χ0n) is 14.8. The molecule has 3 heterocycles. The second-order valence-electron chi connectivity index (χ2n) is 6.42. The van der Waals surface area contributed by atoms with Crippen molar-refractivity contribution in [1.82, 2.24) is 24.9 Å². The Labute approximate surface area is 164 Å². The number of fused-ring (bicyclic) bond motifs is 2. The van der Waals surface area contributed by atoms with Crippen LogP contribution in [0.15, 0.2) is 53.7 Å². The van der Waals surface area contributed by atoms with Crippen molar-refractivity contribution in [3.05, 3.63) is 60.2 Å². The number of nitrogens with zero attached hydrogens (tertiary/aromatic N) is 3. The van der Waals surface area contributed by atoms with E-state index < -0.39 is 15.8 Å². The summed E-state index contributed by atoms with van der Waals surface area (Å²) in [6.07, 6.45) is 2.67. The summed E-state index contributed by atoms with van der Waals surface area (Å²) in [4.78, 5) is 8.32. The molecule has 0 radical (unpaired) electrons. The van der Waals surface area contributed by atoms with E-state index in [0.29, 0.717) is 16.9 Å². The van der Waals surface area contributed by atoms with Gasteiger partial charge in [0.2, 0.25) is 16.0 Å². The van der Waals surface area contributed by atoms with Gasteiger partial charge in [0, 0.05) is 17.6 Å². The number of rotatable bonds is 4. The number of aromatic amines is 1. The molecule has 0 amide bonds. The minimum absolute atomic E-state index is 0.0216. The molecule has 0 saturated heterocycles. The van der Waals surface area contributed by atoms with E-state index in [1.54, 1.807) is 30.5 Å². The van der Waals surface area contributed by atoms with Crippen LogP contribution >= 0.6 is 0 Å². The molecule has 0 fully saturated rings. The lowest BCUT2D eigenvalue weighted by molar-refractivity contribution is 0.589. The number of H-pyrrole nitrogens is 1. The van der Waals surface area contributed by atoms with Crippen LogP contribution in [0.3, 0.4) is 0 Å². The zero-order chi connectivity index (χ0) is 20.0. The Morgan fingerprint density at radius 1 is 1.10 bits per heavy atom. The summed E-state index contributed by atoms with van der Waals surface area (Å²) in [5.41, 5.74) is 2.60. The molecule has 0 aliphatic carbocycles. The third kappa shape index (κ3) is 3.15. The number of aromatic nitrogens is 4. The number of sulfonamides is 1. The van der Waals surface area contributed by atoms with Crippen molar-refractivity contribution in [2.24, 2.45) is 0 Å². The van der Waals surface area contributed by atoms with Gasteiger partial charge in [-0.05, 0) is 29.8 Å². The molecule has 5 rings (SSSR count). The fraction of sp³-hybridized carbons (Fsp3) is 0.0556. The molecule has 0 atom stereocenters. The summed E-state index contributed by atoms with van der Waals surface area (Å²) >= 11 is 0. The first-order valence-electron chi connectivity index (χ1n) is 8.61. The average molecular weight is 411 g/mol. The van der Waals surface area contributed by atoms with Gasteiger partial charge in [0.25, 0.3) is 0 Å². The monoisotopic (exact) mass is 411 g/mol. The number of anilines is 4. The van der Waals surface area contributed by atoms with Crippen LogP contribution in [0.5, 0.6) is 0 Å². The van der Waals surface area contributed by atoms with Crippen LogP contribution in [-0.4, -0.2) is 28.6 Å². The lowest BCUT2D eigenvalue weighted by atomic mass is 10.2. The first-order chi connectivity index (χ1) is 14.0. The van der Waals surface area contributed by atoms with Gasteiger partial charge in [0.05, 0.1) is 28.5 Å². The van der Waals surface area contributed by atoms with Crippen LogP contribution in [0.25, 0.3) is 10.9 Å². The van der Waals surface area contributed by atoms with Crippen molar-refractivity contribution in [3.8, 4) is 0 Å². The van der Waals surface area contributed by atoms with Gasteiger partial charge in [-0.3, -0.25) is 5.10 Å². The van der Waals surface area contributed by atoms with Crippen LogP contribution in [0.1, 0.15) is 5.56 Å². The van der Waals surface area contributed by atoms with Crippen molar-refractivity contribution >= 4 is 44.1 Å². The SMILES string of the molecule is O=S1(=O)NCc2ccc(Nc3ncc(F)c(Nc4cccc5[nH]ncc45)n3)cc21. The maximum absolute atomic E-state index is 14.3. The first kappa shape index (κ1) is 17.5. The van der Waals surface area contributed by atoms with E-state index in [9.17, 15) is 12.8 Å². The minimum atomic E-state index is -3.50. The molecule has 0 unspecified atom stereocenters. The summed E-state index contributed by atoms with van der Waals surface area (Å²) in [6.45, 7) is 0.263. The van der Waals surface area contributed by atoms with Crippen LogP contribution in [-0.2, 0) is 16.6 Å². The molecule has 0 bridgehead atoms. The quantitative estimate of drug-likeness (QED) is 0.407. The van der Waals surface area contributed by atoms with E-state index in [2.05, 4.69) is 35.5 Å². The predicted octanol–water partition coefficient (Wildman–Crippen LogP) is 2.77. The number of hydrogen-bond acceptors (Lipinski definition) is 7. The topological polar surface area (TPSA) is 125 Å². The van der Waals surface area contributed by atoms with Crippen molar-refractivity contribution < 1.29 is 12.8 Å². The van der Waals surface area contributed by atoms with Gasteiger partial charge in [0.15, 0.2) is 11.6 Å². The van der Waals surface area contributed by atoms with E-state index in [1.165, 1.54) is 6.07 Å². The van der Waals surface area contributed by atoms with Crippen molar-refractivity contribution in [3.63, 3.8) is 0 Å². The second kappa shape index (κ2) is 6.50. The molecule has 0 saturated carbocycles. The molecule has 2 aromatic carbocycles. The minimum Gasteiger partial charge on any atom is -0.337 e. The van der Waals surface area contributed by atoms with E-state index in [0.717, 1.165) is 17.1 Å². The maximum atomic E-state index is 14.3. The fourth-order valence-corrected chi connectivity index (χ4v) is 4.40. The Bertz CT molecular complexity index is 1350. The van der Waals surface area contributed by atoms with Gasteiger partial charge in [-0.1, -0.05) is 12.1 Å². The van der Waals surface area contributed by atoms with Crippen LogP contribution in [0.2, 0.25) is 0 Å². The van der Waals surface area contributed by atoms with Crippen LogP contribution < -0.4 is 15.4 Å². The molecule has 29 heavy (non-hydrogen) atoms. The highest BCUT2D eigenvalue weighted by atomic mass is 32.2. The van der Waals surface area contributed by atoms with E-state index in [4.69, 9.17) is 0 Å². The molecule has 9 nitrogen and oxygen atoms in total. The lowest BCUT2D eigenvalue weighted by Gasteiger charge is -2.10. The fourth-order valence-electron chi connectivity index (χ4n) is 3.13. The average Bonchev–Trinajstić information content (AvgIpc) is 3.30. The molecule has 1 aliphatic rings. The molecule has 4 aromatic rings. The Balaban J connectivity index is 1.45. The van der Waals surface area contributed by atoms with Crippen molar-refractivity contribution in [1.29, 1.82) is 0 Å². The maximum Gasteiger partial charge on any atom is 0.241 e. The normalized spacial score (nSPS) is 14.7. The summed E-state index contributed by atoms with van der Waals surface area (Å²) < 4.78 is 40.7. The Hall–Kier alpha value is -3.57. The number of halogens is 1. The lowest BCUT2D eigenvalue weighted by Crippen LogP contribution is -2.13. The first-order valence-corrected chi connectivity index (χ1v) is 10.1. The van der Waals surface area contributed by atoms with Gasteiger partial charge < -0.3 is 10.6 Å². The van der Waals surface area contributed by atoms with Gasteiger partial charge in [-0.15, -0.1) is 0 Å². The molecular formula is C18H14FN7O2S. The summed E-state index contributed by atoms with van der Waals surface area (Å²) in [5.74, 6) is -0.528. The molecule has 11 heteroatoms. The molecule has 2 aromatic heterocycles.